The zero-order valence-corrected chi connectivity index (χ0v) is 14.3. The van der Waals surface area contributed by atoms with Crippen molar-refractivity contribution in [1.82, 2.24) is 4.98 Å². The number of benzene rings is 1. The van der Waals surface area contributed by atoms with E-state index in [0.29, 0.717) is 27.1 Å². The summed E-state index contributed by atoms with van der Waals surface area (Å²) in [5, 5.41) is 3.95. The highest BCUT2D eigenvalue weighted by Gasteiger charge is 2.12. The van der Waals surface area contributed by atoms with Crippen molar-refractivity contribution < 1.29 is 0 Å². The Labute approximate surface area is 140 Å². The van der Waals surface area contributed by atoms with Crippen molar-refractivity contribution in [2.24, 2.45) is 5.73 Å². The van der Waals surface area contributed by atoms with E-state index in [2.05, 4.69) is 26.2 Å². The van der Waals surface area contributed by atoms with Crippen LogP contribution in [-0.4, -0.2) is 9.97 Å². The van der Waals surface area contributed by atoms with Crippen LogP contribution < -0.4 is 11.1 Å². The molecule has 7 heteroatoms. The molecule has 2 rings (SSSR count). The van der Waals surface area contributed by atoms with E-state index in [1.54, 1.807) is 12.1 Å². The van der Waals surface area contributed by atoms with Crippen LogP contribution in [0.15, 0.2) is 28.7 Å². The maximum Gasteiger partial charge on any atom is 0.140 e. The Balaban J connectivity index is 2.47. The summed E-state index contributed by atoms with van der Waals surface area (Å²) < 4.78 is 0.724. The maximum atomic E-state index is 6.20. The molecule has 20 heavy (non-hydrogen) atoms. The van der Waals surface area contributed by atoms with Gasteiger partial charge in [0.15, 0.2) is 0 Å². The third kappa shape index (κ3) is 3.23. The van der Waals surface area contributed by atoms with Gasteiger partial charge in [0.05, 0.1) is 21.3 Å². The third-order valence-electron chi connectivity index (χ3n) is 2.59. The number of anilines is 2. The Morgan fingerprint density at radius 3 is 2.60 bits per heavy atom. The average molecular weight is 391 g/mol. The third-order valence-corrected chi connectivity index (χ3v) is 4.58. The van der Waals surface area contributed by atoms with Gasteiger partial charge >= 0.3 is 0 Å². The molecule has 0 atom stereocenters. The fraction of sp³-hybridized carbons (Fsp3) is 0.0769. The second kappa shape index (κ2) is 6.26. The predicted molar refractivity (Wildman–Crippen MR) is 92.3 cm³/mol. The van der Waals surface area contributed by atoms with E-state index in [1.807, 2.05) is 19.1 Å². The molecule has 0 aliphatic heterocycles. The second-order valence-corrected chi connectivity index (χ2v) is 6.11. The largest absolute Gasteiger partial charge is 0.389 e. The average Bonchev–Trinajstić information content (AvgIpc) is 2.39. The van der Waals surface area contributed by atoms with Crippen molar-refractivity contribution >= 4 is 67.8 Å². The van der Waals surface area contributed by atoms with E-state index < -0.39 is 0 Å². The highest BCUT2D eigenvalue weighted by atomic mass is 79.9. The maximum absolute atomic E-state index is 6.20. The number of nitrogens with one attached hydrogen (secondary N) is 1. The molecule has 1 heterocycles. The summed E-state index contributed by atoms with van der Waals surface area (Å²) in [5.41, 5.74) is 7.82. The molecule has 0 fully saturated rings. The highest BCUT2D eigenvalue weighted by molar-refractivity contribution is 9.10. The smallest absolute Gasteiger partial charge is 0.140 e. The number of hydrogen-bond acceptors (Lipinski definition) is 3. The summed E-state index contributed by atoms with van der Waals surface area (Å²) in [5.74, 6) is 0.554. The topological polar surface area (TPSA) is 50.9 Å². The number of halogens is 3. The van der Waals surface area contributed by atoms with Gasteiger partial charge in [0.1, 0.15) is 10.8 Å². The monoisotopic (exact) mass is 389 g/mol. The van der Waals surface area contributed by atoms with Gasteiger partial charge in [0.2, 0.25) is 0 Å². The van der Waals surface area contributed by atoms with Crippen LogP contribution in [0, 0.1) is 6.92 Å². The quantitative estimate of drug-likeness (QED) is 0.581. The summed E-state index contributed by atoms with van der Waals surface area (Å²) in [6, 6.07) is 7.26. The van der Waals surface area contributed by atoms with Crippen molar-refractivity contribution in [2.45, 2.75) is 6.92 Å². The van der Waals surface area contributed by atoms with Crippen LogP contribution >= 0.6 is 51.3 Å². The van der Waals surface area contributed by atoms with Gasteiger partial charge in [-0.05, 0) is 47.1 Å². The molecule has 0 radical (unpaired) electrons. The van der Waals surface area contributed by atoms with Crippen LogP contribution in [0.3, 0.4) is 0 Å². The van der Waals surface area contributed by atoms with E-state index >= 15 is 0 Å². The van der Waals surface area contributed by atoms with Crippen LogP contribution in [0.4, 0.5) is 11.5 Å². The lowest BCUT2D eigenvalue weighted by atomic mass is 10.2. The Kier molecular flexibility index (Phi) is 4.86. The molecule has 3 N–H and O–H groups in total. The van der Waals surface area contributed by atoms with Crippen LogP contribution in [0.25, 0.3) is 0 Å². The Bertz CT molecular complexity index is 692. The molecule has 0 aliphatic carbocycles. The molecule has 0 saturated carbocycles. The Morgan fingerprint density at radius 1 is 1.25 bits per heavy atom. The number of nitrogens with two attached hydrogens (primary N) is 1. The predicted octanol–water partition coefficient (Wildman–Crippen LogP) is 4.84. The van der Waals surface area contributed by atoms with E-state index in [-0.39, 0.29) is 4.99 Å². The minimum Gasteiger partial charge on any atom is -0.389 e. The lowest BCUT2D eigenvalue weighted by molar-refractivity contribution is 1.19. The van der Waals surface area contributed by atoms with Crippen LogP contribution in [-0.2, 0) is 0 Å². The lowest BCUT2D eigenvalue weighted by Gasteiger charge is -2.13. The highest BCUT2D eigenvalue weighted by Crippen LogP contribution is 2.37. The van der Waals surface area contributed by atoms with Gasteiger partial charge in [-0.3, -0.25) is 0 Å². The molecule has 2 aromatic rings. The van der Waals surface area contributed by atoms with Gasteiger partial charge in [-0.25, -0.2) is 4.98 Å². The fourth-order valence-electron chi connectivity index (χ4n) is 1.60. The summed E-state index contributed by atoms with van der Waals surface area (Å²) in [6.45, 7) is 1.88. The first-order chi connectivity index (χ1) is 9.40. The van der Waals surface area contributed by atoms with Crippen LogP contribution in [0.1, 0.15) is 11.3 Å². The van der Waals surface area contributed by atoms with E-state index in [1.165, 1.54) is 0 Å². The normalized spacial score (nSPS) is 10.4. The number of aryl methyl sites for hydroxylation is 1. The molecule has 0 amide bonds. The Morgan fingerprint density at radius 2 is 1.95 bits per heavy atom. The van der Waals surface area contributed by atoms with Gasteiger partial charge in [0, 0.05) is 10.2 Å². The van der Waals surface area contributed by atoms with Crippen LogP contribution in [0.5, 0.6) is 0 Å². The van der Waals surface area contributed by atoms with Gasteiger partial charge in [-0.1, -0.05) is 35.4 Å². The summed E-state index contributed by atoms with van der Waals surface area (Å²) in [6.07, 6.45) is 0. The zero-order valence-electron chi connectivity index (χ0n) is 10.4. The van der Waals surface area contributed by atoms with Gasteiger partial charge in [-0.15, -0.1) is 0 Å². The number of hydrogen-bond donors (Lipinski definition) is 2. The van der Waals surface area contributed by atoms with Crippen LogP contribution in [0.2, 0.25) is 10.0 Å². The van der Waals surface area contributed by atoms with Crippen molar-refractivity contribution in [1.29, 1.82) is 0 Å². The molecule has 104 valence electrons. The number of thiocarbonyl (C=S) groups is 1. The second-order valence-electron chi connectivity index (χ2n) is 4.06. The minimum atomic E-state index is 0.263. The molecule has 1 aromatic heterocycles. The van der Waals surface area contributed by atoms with E-state index in [4.69, 9.17) is 41.2 Å². The van der Waals surface area contributed by atoms with Crippen molar-refractivity contribution in [2.75, 3.05) is 5.32 Å². The molecular weight excluding hydrogens is 381 g/mol. The molecule has 0 saturated heterocycles. The van der Waals surface area contributed by atoms with Gasteiger partial charge < -0.3 is 11.1 Å². The lowest BCUT2D eigenvalue weighted by Crippen LogP contribution is -2.13. The first-order valence-electron chi connectivity index (χ1n) is 5.58. The number of rotatable bonds is 3. The molecular formula is C13H10BrCl2N3S. The zero-order chi connectivity index (χ0) is 14.9. The first kappa shape index (κ1) is 15.5. The van der Waals surface area contributed by atoms with Crippen molar-refractivity contribution in [3.63, 3.8) is 0 Å². The Hall–Kier alpha value is -0.880. The van der Waals surface area contributed by atoms with Crippen molar-refractivity contribution in [3.05, 3.63) is 50.0 Å². The summed E-state index contributed by atoms with van der Waals surface area (Å²) in [4.78, 5) is 4.65. The summed E-state index contributed by atoms with van der Waals surface area (Å²) >= 11 is 20.6. The first-order valence-corrected chi connectivity index (χ1v) is 7.54. The van der Waals surface area contributed by atoms with Gasteiger partial charge in [0.25, 0.3) is 0 Å². The molecule has 1 aromatic carbocycles. The number of pyridine rings is 1. The summed E-state index contributed by atoms with van der Waals surface area (Å²) in [7, 11) is 0. The molecule has 0 unspecified atom stereocenters. The van der Waals surface area contributed by atoms with E-state index in [9.17, 15) is 0 Å². The molecule has 0 spiro atoms. The molecule has 0 bridgehead atoms. The van der Waals surface area contributed by atoms with E-state index in [0.717, 1.165) is 10.2 Å². The van der Waals surface area contributed by atoms with Crippen molar-refractivity contribution in [3.8, 4) is 0 Å². The fourth-order valence-corrected chi connectivity index (χ4v) is 2.59. The molecule has 0 aliphatic rings. The SMILES string of the molecule is Cc1ccc(C(N)=S)c(Nc2ccc(Br)c(Cl)c2Cl)n1. The van der Waals surface area contributed by atoms with Gasteiger partial charge in [-0.2, -0.15) is 0 Å². The number of aromatic nitrogens is 1. The standard InChI is InChI=1S/C13H10BrCl2N3S/c1-6-2-3-7(12(17)20)13(18-6)19-9-5-4-8(14)10(15)11(9)16/h2-5H,1H3,(H2,17,20)(H,18,19). The molecule has 3 nitrogen and oxygen atoms in total. The minimum absolute atomic E-state index is 0.263. The number of nitrogens with zero attached hydrogens (tertiary/aromatic N) is 1.